The molecule has 0 fully saturated rings. The highest BCUT2D eigenvalue weighted by Gasteiger charge is 2.25. The van der Waals surface area contributed by atoms with Crippen LogP contribution in [-0.2, 0) is 16.4 Å². The van der Waals surface area contributed by atoms with Gasteiger partial charge in [0, 0.05) is 29.1 Å². The number of fused-ring (bicyclic) bond motifs is 3. The second-order valence-electron chi connectivity index (χ2n) is 9.51. The minimum absolute atomic E-state index is 0.197. The number of hydrogen-bond donors (Lipinski definition) is 1. The normalized spacial score (nSPS) is 11.6. The third kappa shape index (κ3) is 4.73. The highest BCUT2D eigenvalue weighted by Crippen LogP contribution is 2.41. The number of ether oxygens (including phenoxy) is 1. The molecule has 0 radical (unpaired) electrons. The zero-order chi connectivity index (χ0) is 27.0. The lowest BCUT2D eigenvalue weighted by Gasteiger charge is -2.23. The van der Waals surface area contributed by atoms with Gasteiger partial charge in [0.05, 0.1) is 28.9 Å². The lowest BCUT2D eigenvalue weighted by Crippen LogP contribution is -2.27. The van der Waals surface area contributed by atoms with Gasteiger partial charge in [-0.2, -0.15) is 8.42 Å². The lowest BCUT2D eigenvalue weighted by atomic mass is 9.94. The minimum atomic E-state index is -3.89. The van der Waals surface area contributed by atoms with Crippen molar-refractivity contribution in [3.05, 3.63) is 126 Å². The van der Waals surface area contributed by atoms with E-state index in [0.717, 1.165) is 55.9 Å². The summed E-state index contributed by atoms with van der Waals surface area (Å²) in [7, 11) is -2.25. The summed E-state index contributed by atoms with van der Waals surface area (Å²) in [4.78, 5) is 8.08. The fourth-order valence-electron chi connectivity index (χ4n) is 4.90. The van der Waals surface area contributed by atoms with E-state index >= 15 is 0 Å². The first-order chi connectivity index (χ1) is 18.9. The molecule has 0 bridgehead atoms. The third-order valence-corrected chi connectivity index (χ3v) is 8.23. The fourth-order valence-corrected chi connectivity index (χ4v) is 5.92. The molecular formula is C32H27N3O3S. The topological polar surface area (TPSA) is 73.2 Å². The zero-order valence-electron chi connectivity index (χ0n) is 21.6. The van der Waals surface area contributed by atoms with Crippen LogP contribution in [0.1, 0.15) is 16.8 Å². The molecule has 0 aromatic heterocycles. The van der Waals surface area contributed by atoms with E-state index < -0.39 is 10.0 Å². The third-order valence-electron chi connectivity index (χ3n) is 6.90. The molecule has 0 unspecified atom stereocenters. The first kappa shape index (κ1) is 24.7. The number of sulfonamides is 1. The maximum Gasteiger partial charge on any atom is 0.275 e. The van der Waals surface area contributed by atoms with Crippen molar-refractivity contribution in [2.24, 2.45) is 0 Å². The molecule has 0 atom stereocenters. The largest absolute Gasteiger partial charge is 0.497 e. The Labute approximate surface area is 227 Å². The van der Waals surface area contributed by atoms with Crippen LogP contribution in [0.3, 0.4) is 0 Å². The molecule has 0 spiro atoms. The van der Waals surface area contributed by atoms with Crippen LogP contribution in [0, 0.1) is 6.92 Å². The number of para-hydroxylation sites is 1. The second kappa shape index (κ2) is 9.93. The summed E-state index contributed by atoms with van der Waals surface area (Å²) in [6.45, 7) is 1.93. The van der Waals surface area contributed by atoms with Crippen molar-refractivity contribution in [2.45, 2.75) is 18.2 Å². The Hall–Kier alpha value is -4.62. The highest BCUT2D eigenvalue weighted by atomic mass is 32.2. The molecule has 4 aromatic carbocycles. The summed E-state index contributed by atoms with van der Waals surface area (Å²) in [6.07, 6.45) is 2.33. The summed E-state index contributed by atoms with van der Waals surface area (Å²) < 4.78 is 34.3. The van der Waals surface area contributed by atoms with E-state index in [4.69, 9.17) is 9.72 Å². The summed E-state index contributed by atoms with van der Waals surface area (Å²) >= 11 is 0. The quantitative estimate of drug-likeness (QED) is 0.249. The van der Waals surface area contributed by atoms with Gasteiger partial charge in [0.25, 0.3) is 10.0 Å². The Morgan fingerprint density at radius 3 is 2.26 bits per heavy atom. The average molecular weight is 534 g/mol. The molecule has 4 aromatic rings. The number of methoxy groups -OCH3 is 1. The van der Waals surface area contributed by atoms with E-state index in [0.29, 0.717) is 6.42 Å². The lowest BCUT2D eigenvalue weighted by molar-refractivity contribution is 0.415. The van der Waals surface area contributed by atoms with Crippen molar-refractivity contribution in [2.75, 3.05) is 11.9 Å². The molecular weight excluding hydrogens is 506 g/mol. The summed E-state index contributed by atoms with van der Waals surface area (Å²) in [6, 6.07) is 32.5. The number of rotatable bonds is 7. The predicted molar refractivity (Wildman–Crippen MR) is 155 cm³/mol. The highest BCUT2D eigenvalue weighted by molar-refractivity contribution is 7.92. The number of aryl methyl sites for hydroxylation is 1. The molecule has 1 N–H and O–H groups in total. The van der Waals surface area contributed by atoms with E-state index in [1.54, 1.807) is 36.1 Å². The van der Waals surface area contributed by atoms with Gasteiger partial charge in [-0.05, 0) is 48.4 Å². The predicted octanol–water partition coefficient (Wildman–Crippen LogP) is 6.65. The minimum Gasteiger partial charge on any atom is -0.497 e. The van der Waals surface area contributed by atoms with Crippen LogP contribution in [0.25, 0.3) is 33.3 Å². The molecule has 2 aliphatic rings. The van der Waals surface area contributed by atoms with Crippen LogP contribution >= 0.6 is 0 Å². The Morgan fingerprint density at radius 1 is 0.846 bits per heavy atom. The van der Waals surface area contributed by atoms with Crippen molar-refractivity contribution in [3.63, 3.8) is 0 Å². The standard InChI is InChI=1S/C32H27N3O3S/c1-22-12-18-26(19-13-22)39(36,37)34-35-21-28-27-10-6-7-11-29(27)33-32(28)31(24-14-16-25(38-2)17-15-24)30(35)20-23-8-4-3-5-9-23/h3-19,21,34H,20H2,1-2H3. The number of nitrogens with one attached hydrogen (secondary N) is 1. The van der Waals surface area contributed by atoms with Gasteiger partial charge in [-0.1, -0.05) is 78.4 Å². The monoisotopic (exact) mass is 533 g/mol. The SMILES string of the molecule is COc1ccc(-c2c3nc4ccccc4c-3cn(NS(=O)(=O)c3ccc(C)cc3)c2Cc2ccccc2)cc1. The Bertz CT molecular complexity index is 1840. The van der Waals surface area contributed by atoms with Gasteiger partial charge in [0.2, 0.25) is 0 Å². The van der Waals surface area contributed by atoms with Gasteiger partial charge in [-0.3, -0.25) is 4.68 Å². The first-order valence-electron chi connectivity index (χ1n) is 12.6. The van der Waals surface area contributed by atoms with E-state index in [-0.39, 0.29) is 4.90 Å². The van der Waals surface area contributed by atoms with Gasteiger partial charge in [0.15, 0.2) is 0 Å². The maximum atomic E-state index is 13.6. The van der Waals surface area contributed by atoms with Crippen LogP contribution < -0.4 is 9.57 Å². The van der Waals surface area contributed by atoms with Gasteiger partial charge >= 0.3 is 0 Å². The Balaban J connectivity index is 1.64. The molecule has 0 aliphatic carbocycles. The molecule has 194 valence electrons. The zero-order valence-corrected chi connectivity index (χ0v) is 22.4. The van der Waals surface area contributed by atoms with Crippen LogP contribution in [0.5, 0.6) is 5.75 Å². The summed E-state index contributed by atoms with van der Waals surface area (Å²) in [5.41, 5.74) is 7.12. The smallest absolute Gasteiger partial charge is 0.275 e. The molecule has 7 heteroatoms. The molecule has 6 nitrogen and oxygen atoms in total. The number of nitrogens with zero attached hydrogens (tertiary/aromatic N) is 2. The van der Waals surface area contributed by atoms with E-state index in [9.17, 15) is 8.42 Å². The van der Waals surface area contributed by atoms with Crippen molar-refractivity contribution in [3.8, 4) is 28.1 Å². The van der Waals surface area contributed by atoms with Crippen LogP contribution in [-0.4, -0.2) is 25.2 Å². The fraction of sp³-hybridized carbons (Fsp3) is 0.0938. The van der Waals surface area contributed by atoms with Crippen molar-refractivity contribution in [1.82, 2.24) is 9.66 Å². The molecule has 2 aliphatic heterocycles. The number of pyridine rings is 1. The van der Waals surface area contributed by atoms with Crippen molar-refractivity contribution < 1.29 is 13.2 Å². The number of hydrogen-bond acceptors (Lipinski definition) is 4. The first-order valence-corrected chi connectivity index (χ1v) is 14.1. The molecule has 0 saturated heterocycles. The van der Waals surface area contributed by atoms with Crippen LogP contribution in [0.4, 0.5) is 0 Å². The van der Waals surface area contributed by atoms with Crippen LogP contribution in [0.2, 0.25) is 0 Å². The van der Waals surface area contributed by atoms with Gasteiger partial charge in [-0.25, -0.2) is 9.82 Å². The molecule has 2 heterocycles. The molecule has 39 heavy (non-hydrogen) atoms. The van der Waals surface area contributed by atoms with Crippen LogP contribution in [0.15, 0.2) is 114 Å². The molecule has 0 saturated carbocycles. The van der Waals surface area contributed by atoms with Gasteiger partial charge in [-0.15, -0.1) is 0 Å². The number of benzene rings is 4. The molecule has 6 rings (SSSR count). The molecule has 0 amide bonds. The van der Waals surface area contributed by atoms with E-state index in [1.807, 2.05) is 92.0 Å². The van der Waals surface area contributed by atoms with Crippen molar-refractivity contribution >= 4 is 20.9 Å². The maximum absolute atomic E-state index is 13.6. The summed E-state index contributed by atoms with van der Waals surface area (Å²) in [5.74, 6) is 0.740. The Kier molecular flexibility index (Phi) is 6.29. The van der Waals surface area contributed by atoms with E-state index in [1.165, 1.54) is 0 Å². The van der Waals surface area contributed by atoms with Gasteiger partial charge in [0.1, 0.15) is 5.75 Å². The van der Waals surface area contributed by atoms with Crippen molar-refractivity contribution in [1.29, 1.82) is 0 Å². The summed E-state index contributed by atoms with van der Waals surface area (Å²) in [5, 5.41) is 0.955. The Morgan fingerprint density at radius 2 is 1.54 bits per heavy atom. The average Bonchev–Trinajstić information content (AvgIpc) is 3.32. The van der Waals surface area contributed by atoms with Gasteiger partial charge < -0.3 is 4.74 Å². The second-order valence-corrected chi connectivity index (χ2v) is 11.2. The van der Waals surface area contributed by atoms with E-state index in [2.05, 4.69) is 4.83 Å². The number of aromatic nitrogens is 2.